The highest BCUT2D eigenvalue weighted by Gasteiger charge is 2.25. The van der Waals surface area contributed by atoms with Crippen LogP contribution in [0.15, 0.2) is 12.2 Å². The predicted octanol–water partition coefficient (Wildman–Crippen LogP) is 0.539. The Morgan fingerprint density at radius 1 is 1.73 bits per heavy atom. The quantitative estimate of drug-likeness (QED) is 0.579. The Bertz CT molecular complexity index is 312. The summed E-state index contributed by atoms with van der Waals surface area (Å²) in [4.78, 5) is 23.9. The summed E-state index contributed by atoms with van der Waals surface area (Å²) in [6.07, 6.45) is 0. The summed E-state index contributed by atoms with van der Waals surface area (Å²) in [6, 6.07) is 0. The molecule has 2 amide bonds. The maximum absolute atomic E-state index is 11.3. The molecule has 0 radical (unpaired) electrons. The summed E-state index contributed by atoms with van der Waals surface area (Å²) in [5.74, 6) is 0.225. The Morgan fingerprint density at radius 2 is 2.40 bits per heavy atom. The fourth-order valence-electron chi connectivity index (χ4n) is 1.03. The summed E-state index contributed by atoms with van der Waals surface area (Å²) in [5.41, 5.74) is 0.458. The first-order chi connectivity index (χ1) is 7.02. The normalized spacial score (nSPS) is 15.7. The molecule has 82 valence electrons. The fourth-order valence-corrected chi connectivity index (χ4v) is 2.15. The van der Waals surface area contributed by atoms with E-state index in [2.05, 4.69) is 11.9 Å². The Kier molecular flexibility index (Phi) is 4.28. The molecule has 1 fully saturated rings. The first-order valence-corrected chi connectivity index (χ1v) is 5.82. The van der Waals surface area contributed by atoms with Crippen LogP contribution in [0.3, 0.4) is 0 Å². The monoisotopic (exact) mass is 244 g/mol. The smallest absolute Gasteiger partial charge is 0.246 e. The van der Waals surface area contributed by atoms with Gasteiger partial charge in [0.25, 0.3) is 0 Å². The minimum absolute atomic E-state index is 0.00886. The van der Waals surface area contributed by atoms with E-state index in [1.54, 1.807) is 6.92 Å². The van der Waals surface area contributed by atoms with Crippen LogP contribution in [0.25, 0.3) is 0 Å². The van der Waals surface area contributed by atoms with Gasteiger partial charge in [0.15, 0.2) is 0 Å². The van der Waals surface area contributed by atoms with Crippen molar-refractivity contribution in [2.75, 3.05) is 18.8 Å². The highest BCUT2D eigenvalue weighted by atomic mass is 32.2. The van der Waals surface area contributed by atoms with E-state index >= 15 is 0 Å². The van der Waals surface area contributed by atoms with Crippen molar-refractivity contribution in [1.29, 1.82) is 0 Å². The number of nitrogens with zero attached hydrogens (tertiary/aromatic N) is 1. The van der Waals surface area contributed by atoms with Crippen LogP contribution in [-0.4, -0.2) is 39.9 Å². The van der Waals surface area contributed by atoms with E-state index in [1.165, 1.54) is 16.7 Å². The maximum atomic E-state index is 11.3. The highest BCUT2D eigenvalue weighted by Crippen LogP contribution is 2.18. The summed E-state index contributed by atoms with van der Waals surface area (Å²) < 4.78 is 0.588. The molecule has 1 saturated heterocycles. The first-order valence-electron chi connectivity index (χ1n) is 4.43. The summed E-state index contributed by atoms with van der Waals surface area (Å²) >= 11 is 6.34. The van der Waals surface area contributed by atoms with E-state index in [4.69, 9.17) is 12.2 Å². The van der Waals surface area contributed by atoms with Crippen molar-refractivity contribution in [3.63, 3.8) is 0 Å². The zero-order valence-electron chi connectivity index (χ0n) is 8.41. The molecule has 0 unspecified atom stereocenters. The average molecular weight is 244 g/mol. The third kappa shape index (κ3) is 3.32. The van der Waals surface area contributed by atoms with Crippen LogP contribution >= 0.6 is 24.0 Å². The lowest BCUT2D eigenvalue weighted by molar-refractivity contribution is -0.124. The SMILES string of the molecule is C=C(C)C(=O)NCCN1C(=O)CSC1=S. The van der Waals surface area contributed by atoms with Gasteiger partial charge in [-0.2, -0.15) is 0 Å². The number of nitrogens with one attached hydrogen (secondary N) is 1. The van der Waals surface area contributed by atoms with Crippen LogP contribution in [0.5, 0.6) is 0 Å². The third-order valence-electron chi connectivity index (χ3n) is 1.85. The topological polar surface area (TPSA) is 49.4 Å². The maximum Gasteiger partial charge on any atom is 0.246 e. The molecule has 15 heavy (non-hydrogen) atoms. The molecular formula is C9H12N2O2S2. The molecule has 4 nitrogen and oxygen atoms in total. The summed E-state index contributed by atoms with van der Waals surface area (Å²) in [6.45, 7) is 5.98. The van der Waals surface area contributed by atoms with Crippen LogP contribution in [0.2, 0.25) is 0 Å². The lowest BCUT2D eigenvalue weighted by atomic mass is 10.3. The minimum Gasteiger partial charge on any atom is -0.351 e. The van der Waals surface area contributed by atoms with Gasteiger partial charge in [0.05, 0.1) is 5.75 Å². The molecule has 6 heteroatoms. The lowest BCUT2D eigenvalue weighted by Gasteiger charge is -2.14. The predicted molar refractivity (Wildman–Crippen MR) is 64.6 cm³/mol. The number of hydrogen-bond acceptors (Lipinski definition) is 4. The molecule has 0 aliphatic carbocycles. The van der Waals surface area contributed by atoms with E-state index in [0.717, 1.165) is 0 Å². The zero-order chi connectivity index (χ0) is 11.4. The van der Waals surface area contributed by atoms with E-state index in [-0.39, 0.29) is 11.8 Å². The molecule has 0 aromatic heterocycles. The van der Waals surface area contributed by atoms with Gasteiger partial charge < -0.3 is 5.32 Å². The van der Waals surface area contributed by atoms with Crippen molar-refractivity contribution in [2.45, 2.75) is 6.92 Å². The van der Waals surface area contributed by atoms with Crippen LogP contribution in [0, 0.1) is 0 Å². The molecule has 0 atom stereocenters. The number of hydrogen-bond donors (Lipinski definition) is 1. The van der Waals surface area contributed by atoms with Crippen LogP contribution in [-0.2, 0) is 9.59 Å². The molecular weight excluding hydrogens is 232 g/mol. The van der Waals surface area contributed by atoms with Crippen molar-refractivity contribution in [3.8, 4) is 0 Å². The number of amides is 2. The van der Waals surface area contributed by atoms with Crippen LogP contribution in [0.1, 0.15) is 6.92 Å². The van der Waals surface area contributed by atoms with Crippen molar-refractivity contribution in [3.05, 3.63) is 12.2 Å². The molecule has 1 aliphatic heterocycles. The second-order valence-electron chi connectivity index (χ2n) is 3.14. The molecule has 1 N–H and O–H groups in total. The third-order valence-corrected chi connectivity index (χ3v) is 3.28. The molecule has 0 aromatic carbocycles. The van der Waals surface area contributed by atoms with E-state index < -0.39 is 0 Å². The van der Waals surface area contributed by atoms with E-state index in [9.17, 15) is 9.59 Å². The molecule has 0 aromatic rings. The van der Waals surface area contributed by atoms with Crippen LogP contribution < -0.4 is 5.32 Å². The number of carbonyl (C=O) groups is 2. The van der Waals surface area contributed by atoms with Crippen molar-refractivity contribution in [1.82, 2.24) is 10.2 Å². The van der Waals surface area contributed by atoms with Crippen molar-refractivity contribution < 1.29 is 9.59 Å². The van der Waals surface area contributed by atoms with Gasteiger partial charge in [-0.25, -0.2) is 0 Å². The van der Waals surface area contributed by atoms with Gasteiger partial charge in [-0.3, -0.25) is 14.5 Å². The number of thioether (sulfide) groups is 1. The van der Waals surface area contributed by atoms with Crippen molar-refractivity contribution in [2.24, 2.45) is 0 Å². The molecule has 0 saturated carbocycles. The minimum atomic E-state index is -0.194. The largest absolute Gasteiger partial charge is 0.351 e. The second kappa shape index (κ2) is 5.27. The number of carbonyl (C=O) groups excluding carboxylic acids is 2. The van der Waals surface area contributed by atoms with E-state index in [1.807, 2.05) is 0 Å². The Balaban J connectivity index is 2.31. The van der Waals surface area contributed by atoms with Gasteiger partial charge in [-0.1, -0.05) is 30.6 Å². The molecule has 1 rings (SSSR count). The van der Waals surface area contributed by atoms with Gasteiger partial charge in [0.2, 0.25) is 11.8 Å². The number of rotatable bonds is 4. The van der Waals surface area contributed by atoms with Gasteiger partial charge in [0, 0.05) is 18.7 Å². The molecule has 1 aliphatic rings. The zero-order valence-corrected chi connectivity index (χ0v) is 10.0. The molecule has 0 bridgehead atoms. The Hall–Kier alpha value is -0.880. The Labute approximate surface area is 98.1 Å². The van der Waals surface area contributed by atoms with Gasteiger partial charge >= 0.3 is 0 Å². The van der Waals surface area contributed by atoms with Gasteiger partial charge in [-0.05, 0) is 6.92 Å². The first kappa shape index (κ1) is 12.2. The van der Waals surface area contributed by atoms with Gasteiger partial charge in [-0.15, -0.1) is 0 Å². The lowest BCUT2D eigenvalue weighted by Crippen LogP contribution is -2.37. The average Bonchev–Trinajstić information content (AvgIpc) is 2.48. The molecule has 0 spiro atoms. The van der Waals surface area contributed by atoms with Gasteiger partial charge in [0.1, 0.15) is 4.32 Å². The standard InChI is InChI=1S/C9H12N2O2S2/c1-6(2)8(13)10-3-4-11-7(12)5-15-9(11)14/h1,3-5H2,2H3,(H,10,13). The second-order valence-corrected chi connectivity index (χ2v) is 4.75. The molecule has 1 heterocycles. The van der Waals surface area contributed by atoms with Crippen LogP contribution in [0.4, 0.5) is 0 Å². The number of thiocarbonyl (C=S) groups is 1. The highest BCUT2D eigenvalue weighted by molar-refractivity contribution is 8.23. The summed E-state index contributed by atoms with van der Waals surface area (Å²) in [7, 11) is 0. The summed E-state index contributed by atoms with van der Waals surface area (Å²) in [5, 5.41) is 2.65. The van der Waals surface area contributed by atoms with Crippen molar-refractivity contribution >= 4 is 40.1 Å². The van der Waals surface area contributed by atoms with E-state index in [0.29, 0.717) is 28.7 Å². The fraction of sp³-hybridized carbons (Fsp3) is 0.444. The Morgan fingerprint density at radius 3 is 2.87 bits per heavy atom.